The van der Waals surface area contributed by atoms with E-state index in [1.165, 1.54) is 13.8 Å². The van der Waals surface area contributed by atoms with Gasteiger partial charge >= 0.3 is 5.97 Å². The molecule has 0 fully saturated rings. The van der Waals surface area contributed by atoms with Gasteiger partial charge in [-0.15, -0.1) is 0 Å². The first-order valence-corrected chi connectivity index (χ1v) is 19.4. The van der Waals surface area contributed by atoms with E-state index < -0.39 is 83.6 Å². The van der Waals surface area contributed by atoms with Crippen LogP contribution < -0.4 is 49.1 Å². The maximum atomic E-state index is 14.2. The Bertz CT molecular complexity index is 1690. The van der Waals surface area contributed by atoms with Gasteiger partial charge in [0.25, 0.3) is 0 Å². The Morgan fingerprint density at radius 2 is 1.07 bits per heavy atom. The number of carboxylic acid groups (broad SMARTS) is 1. The normalized spacial score (nSPS) is 14.0. The van der Waals surface area contributed by atoms with Crippen molar-refractivity contribution in [2.75, 3.05) is 13.1 Å². The number of carbonyl (C=O) groups excluding carboxylic acids is 6. The van der Waals surface area contributed by atoms with Crippen molar-refractivity contribution in [2.24, 2.45) is 28.1 Å². The van der Waals surface area contributed by atoms with Gasteiger partial charge in [0.1, 0.15) is 36.3 Å². The monoisotopic (exact) mass is 808 g/mol. The Morgan fingerprint density at radius 1 is 0.603 bits per heavy atom. The van der Waals surface area contributed by atoms with Crippen LogP contribution in [0.25, 0.3) is 0 Å². The molecule has 13 N–H and O–H groups in total. The molecule has 0 saturated carbocycles. The van der Waals surface area contributed by atoms with Crippen molar-refractivity contribution in [2.45, 2.75) is 109 Å². The molecule has 0 bridgehead atoms. The molecular formula is C40H60N10O8. The minimum Gasteiger partial charge on any atom is -0.480 e. The second-order valence-electron chi connectivity index (χ2n) is 14.3. The van der Waals surface area contributed by atoms with Crippen molar-refractivity contribution < 1.29 is 38.7 Å². The molecule has 18 heteroatoms. The van der Waals surface area contributed by atoms with Crippen LogP contribution >= 0.6 is 0 Å². The number of rotatable bonds is 25. The molecule has 2 aromatic rings. The Labute approximate surface area is 339 Å². The topological polar surface area (TPSA) is 302 Å². The summed E-state index contributed by atoms with van der Waals surface area (Å²) in [4.78, 5) is 96.2. The predicted octanol–water partition coefficient (Wildman–Crippen LogP) is -0.656. The number of nitrogens with two attached hydrogens (primary N) is 3. The van der Waals surface area contributed by atoms with Gasteiger partial charge in [-0.2, -0.15) is 0 Å². The molecule has 0 unspecified atom stereocenters. The van der Waals surface area contributed by atoms with Gasteiger partial charge in [0.05, 0.1) is 0 Å². The summed E-state index contributed by atoms with van der Waals surface area (Å²) in [7, 11) is 0. The average molecular weight is 809 g/mol. The third-order valence-electron chi connectivity index (χ3n) is 9.03. The zero-order valence-electron chi connectivity index (χ0n) is 33.7. The van der Waals surface area contributed by atoms with Crippen LogP contribution in [0.15, 0.2) is 65.7 Å². The van der Waals surface area contributed by atoms with Crippen LogP contribution in [0.2, 0.25) is 0 Å². The molecule has 6 amide bonds. The highest BCUT2D eigenvalue weighted by molar-refractivity contribution is 5.97. The number of guanidine groups is 1. The highest BCUT2D eigenvalue weighted by Crippen LogP contribution is 2.11. The molecule has 0 saturated heterocycles. The Balaban J connectivity index is 2.45. The quantitative estimate of drug-likeness (QED) is 0.0341. The number of aliphatic imine (C=N–C) groups is 1. The van der Waals surface area contributed by atoms with Crippen molar-refractivity contribution in [1.29, 1.82) is 0 Å². The number of unbranched alkanes of at least 4 members (excludes halogenated alkanes) is 1. The molecule has 6 atom stereocenters. The lowest BCUT2D eigenvalue weighted by Crippen LogP contribution is -2.60. The number of hydrogen-bond acceptors (Lipinski definition) is 9. The lowest BCUT2D eigenvalue weighted by molar-refractivity contribution is -0.142. The van der Waals surface area contributed by atoms with Crippen LogP contribution in [-0.4, -0.2) is 102 Å². The van der Waals surface area contributed by atoms with Gasteiger partial charge in [-0.3, -0.25) is 33.8 Å². The average Bonchev–Trinajstić information content (AvgIpc) is 3.17. The molecule has 0 spiro atoms. The van der Waals surface area contributed by atoms with Gasteiger partial charge in [-0.1, -0.05) is 74.5 Å². The summed E-state index contributed by atoms with van der Waals surface area (Å²) < 4.78 is 0. The first-order valence-electron chi connectivity index (χ1n) is 19.4. The first kappa shape index (κ1) is 48.1. The van der Waals surface area contributed by atoms with E-state index in [1.807, 2.05) is 0 Å². The van der Waals surface area contributed by atoms with E-state index >= 15 is 0 Å². The zero-order chi connectivity index (χ0) is 43.2. The summed E-state index contributed by atoms with van der Waals surface area (Å²) in [6, 6.07) is 10.6. The van der Waals surface area contributed by atoms with E-state index in [0.29, 0.717) is 30.5 Å². The van der Waals surface area contributed by atoms with Crippen LogP contribution in [0.1, 0.15) is 70.9 Å². The second-order valence-corrected chi connectivity index (χ2v) is 14.3. The van der Waals surface area contributed by atoms with Crippen molar-refractivity contribution >= 4 is 47.4 Å². The number of hydrogen-bond donors (Lipinski definition) is 10. The molecule has 0 heterocycles. The number of nitrogens with one attached hydrogen (secondary N) is 6. The van der Waals surface area contributed by atoms with Gasteiger partial charge in [-0.05, 0) is 62.6 Å². The Hall–Kier alpha value is -6.04. The minimum atomic E-state index is -1.28. The summed E-state index contributed by atoms with van der Waals surface area (Å²) in [6.45, 7) is 6.59. The van der Waals surface area contributed by atoms with Crippen molar-refractivity contribution in [3.05, 3.63) is 71.8 Å². The number of carbonyl (C=O) groups is 7. The fourth-order valence-electron chi connectivity index (χ4n) is 5.90. The molecule has 2 aromatic carbocycles. The third-order valence-corrected chi connectivity index (χ3v) is 9.03. The standard InChI is InChI=1S/C40H60N10O8/c1-24(2)33(50-34(52)25(3)45-26(4)51)38(56)46-29(19-13-21-44-40(42)43)35(53)48-32(23-28-16-9-6-10-17-28)37(55)49-31(22-27-14-7-5-8-15-27)36(54)47-30(39(57)58)18-11-12-20-41/h5-10,14-17,24-25,29-33H,11-13,18-23,41H2,1-4H3,(H,45,51)(H,46,56)(H,47,54)(H,48,53)(H,49,55)(H,50,52)(H,57,58)(H4,42,43,44)/t25-,29-,30-,31-,32-,33-/m0/s1. The molecule has 0 radical (unpaired) electrons. The van der Waals surface area contributed by atoms with Gasteiger partial charge in [-0.25, -0.2) is 4.79 Å². The lowest BCUT2D eigenvalue weighted by atomic mass is 10.00. The largest absolute Gasteiger partial charge is 0.480 e. The van der Waals surface area contributed by atoms with Crippen molar-refractivity contribution in [3.8, 4) is 0 Å². The minimum absolute atomic E-state index is 0.00585. The highest BCUT2D eigenvalue weighted by Gasteiger charge is 2.34. The molecule has 0 aromatic heterocycles. The van der Waals surface area contributed by atoms with Crippen LogP contribution in [-0.2, 0) is 46.4 Å². The Morgan fingerprint density at radius 3 is 1.52 bits per heavy atom. The summed E-state index contributed by atoms with van der Waals surface area (Å²) in [5.74, 6) is -5.81. The van der Waals surface area contributed by atoms with E-state index in [2.05, 4.69) is 36.9 Å². The maximum absolute atomic E-state index is 14.2. The molecular weight excluding hydrogens is 749 g/mol. The number of nitrogens with zero attached hydrogens (tertiary/aromatic N) is 1. The molecule has 18 nitrogen and oxygen atoms in total. The summed E-state index contributed by atoms with van der Waals surface area (Å²) >= 11 is 0. The number of carboxylic acids is 1. The second kappa shape index (κ2) is 25.3. The maximum Gasteiger partial charge on any atom is 0.326 e. The molecule has 2 rings (SSSR count). The predicted molar refractivity (Wildman–Crippen MR) is 219 cm³/mol. The first-order chi connectivity index (χ1) is 27.5. The summed E-state index contributed by atoms with van der Waals surface area (Å²) in [6.07, 6.45) is 1.39. The van der Waals surface area contributed by atoms with Crippen LogP contribution in [0.4, 0.5) is 0 Å². The molecule has 58 heavy (non-hydrogen) atoms. The number of benzene rings is 2. The van der Waals surface area contributed by atoms with E-state index in [4.69, 9.17) is 17.2 Å². The number of amides is 6. The summed E-state index contributed by atoms with van der Waals surface area (Å²) in [5.41, 5.74) is 17.9. The number of aliphatic carboxylic acids is 1. The lowest BCUT2D eigenvalue weighted by Gasteiger charge is -2.28. The van der Waals surface area contributed by atoms with Gasteiger partial charge in [0.2, 0.25) is 35.4 Å². The molecule has 0 aliphatic carbocycles. The van der Waals surface area contributed by atoms with E-state index in [1.54, 1.807) is 74.5 Å². The van der Waals surface area contributed by atoms with Gasteiger partial charge in [0, 0.05) is 26.3 Å². The van der Waals surface area contributed by atoms with E-state index in [-0.39, 0.29) is 44.6 Å². The van der Waals surface area contributed by atoms with Gasteiger partial charge in [0.15, 0.2) is 5.96 Å². The van der Waals surface area contributed by atoms with Crippen LogP contribution in [0, 0.1) is 5.92 Å². The van der Waals surface area contributed by atoms with Crippen LogP contribution in [0.3, 0.4) is 0 Å². The smallest absolute Gasteiger partial charge is 0.326 e. The third kappa shape index (κ3) is 17.8. The van der Waals surface area contributed by atoms with Crippen LogP contribution in [0.5, 0.6) is 0 Å². The molecule has 0 aliphatic rings. The fourth-order valence-corrected chi connectivity index (χ4v) is 5.90. The Kier molecular flexibility index (Phi) is 21.0. The van der Waals surface area contributed by atoms with Crippen molar-refractivity contribution in [1.82, 2.24) is 31.9 Å². The summed E-state index contributed by atoms with van der Waals surface area (Å²) in [5, 5.41) is 25.7. The van der Waals surface area contributed by atoms with E-state index in [9.17, 15) is 38.7 Å². The molecule has 318 valence electrons. The van der Waals surface area contributed by atoms with Crippen molar-refractivity contribution in [3.63, 3.8) is 0 Å². The SMILES string of the molecule is CC(=O)N[C@@H](C)C(=O)N[C@H](C(=O)N[C@@H](CCCN=C(N)N)C(=O)N[C@@H](Cc1ccccc1)C(=O)N[C@@H](Cc1ccccc1)C(=O)N[C@@H](CCCCN)C(=O)O)C(C)C. The molecule has 0 aliphatic heterocycles. The van der Waals surface area contributed by atoms with Gasteiger partial charge < -0.3 is 54.2 Å². The highest BCUT2D eigenvalue weighted by atomic mass is 16.4. The fraction of sp³-hybridized carbons (Fsp3) is 0.500. The zero-order valence-corrected chi connectivity index (χ0v) is 33.7. The van der Waals surface area contributed by atoms with E-state index in [0.717, 1.165) is 0 Å².